The fraction of sp³-hybridized carbons (Fsp3) is 0.438. The van der Waals surface area contributed by atoms with Crippen LogP contribution in [0.5, 0.6) is 0 Å². The Kier molecular flexibility index (Phi) is 4.10. The molecule has 20 heavy (non-hydrogen) atoms. The van der Waals surface area contributed by atoms with Crippen LogP contribution in [0.25, 0.3) is 11.0 Å². The van der Waals surface area contributed by atoms with Crippen molar-refractivity contribution in [3.63, 3.8) is 0 Å². The lowest BCUT2D eigenvalue weighted by atomic mass is 9.86. The molecule has 1 aliphatic carbocycles. The van der Waals surface area contributed by atoms with Crippen molar-refractivity contribution in [2.75, 3.05) is 5.33 Å². The number of hydrogen-bond donors (Lipinski definition) is 1. The molecule has 0 spiro atoms. The molecule has 0 saturated heterocycles. The largest absolute Gasteiger partial charge is 0.451 e. The predicted molar refractivity (Wildman–Crippen MR) is 83.2 cm³/mol. The molecule has 1 aromatic heterocycles. The van der Waals surface area contributed by atoms with Gasteiger partial charge in [-0.25, -0.2) is 0 Å². The van der Waals surface area contributed by atoms with E-state index in [2.05, 4.69) is 21.2 Å². The number of furan rings is 1. The maximum absolute atomic E-state index is 12.3. The number of nitrogens with one attached hydrogen (secondary N) is 1. The Hall–Kier alpha value is -1.29. The fourth-order valence-corrected chi connectivity index (χ4v) is 3.69. The van der Waals surface area contributed by atoms with E-state index < -0.39 is 0 Å². The molecule has 1 aliphatic rings. The van der Waals surface area contributed by atoms with Crippen LogP contribution >= 0.6 is 15.9 Å². The minimum Gasteiger partial charge on any atom is -0.451 e. The van der Waals surface area contributed by atoms with Crippen LogP contribution in [-0.4, -0.2) is 17.3 Å². The molecule has 1 fully saturated rings. The van der Waals surface area contributed by atoms with Crippen LogP contribution in [-0.2, 0) is 0 Å². The van der Waals surface area contributed by atoms with Crippen LogP contribution < -0.4 is 5.32 Å². The van der Waals surface area contributed by atoms with Crippen LogP contribution in [0.2, 0.25) is 0 Å². The molecular formula is C16H18BrNO2. The van der Waals surface area contributed by atoms with Crippen LogP contribution in [0.15, 0.2) is 34.7 Å². The summed E-state index contributed by atoms with van der Waals surface area (Å²) in [5, 5.41) is 5.05. The maximum Gasteiger partial charge on any atom is 0.287 e. The number of halogens is 1. The van der Waals surface area contributed by atoms with Crippen molar-refractivity contribution in [1.82, 2.24) is 5.32 Å². The van der Waals surface area contributed by atoms with E-state index in [9.17, 15) is 4.79 Å². The van der Waals surface area contributed by atoms with E-state index in [1.165, 1.54) is 19.3 Å². The quantitative estimate of drug-likeness (QED) is 0.857. The van der Waals surface area contributed by atoms with Gasteiger partial charge in [0.05, 0.1) is 0 Å². The minimum atomic E-state index is -0.0981. The molecule has 106 valence electrons. The van der Waals surface area contributed by atoms with Crippen molar-refractivity contribution in [3.05, 3.63) is 36.1 Å². The third-order valence-corrected chi connectivity index (χ3v) is 4.90. The highest BCUT2D eigenvalue weighted by atomic mass is 79.9. The Morgan fingerprint density at radius 1 is 1.30 bits per heavy atom. The van der Waals surface area contributed by atoms with Crippen molar-refractivity contribution < 1.29 is 9.21 Å². The molecule has 3 nitrogen and oxygen atoms in total. The van der Waals surface area contributed by atoms with Gasteiger partial charge < -0.3 is 9.73 Å². The average molecular weight is 336 g/mol. The first-order valence-corrected chi connectivity index (χ1v) is 8.25. The van der Waals surface area contributed by atoms with Crippen molar-refractivity contribution in [3.8, 4) is 0 Å². The summed E-state index contributed by atoms with van der Waals surface area (Å²) in [6.45, 7) is 0. The van der Waals surface area contributed by atoms with Crippen molar-refractivity contribution in [1.29, 1.82) is 0 Å². The van der Waals surface area contributed by atoms with Gasteiger partial charge in [0.1, 0.15) is 5.58 Å². The number of benzene rings is 1. The summed E-state index contributed by atoms with van der Waals surface area (Å²) in [6.07, 6.45) is 4.68. The zero-order valence-corrected chi connectivity index (χ0v) is 12.9. The summed E-state index contributed by atoms with van der Waals surface area (Å²) >= 11 is 3.55. The molecule has 0 aliphatic heterocycles. The molecule has 2 aromatic rings. The number of carbonyl (C=O) groups excluding carboxylic acids is 1. The van der Waals surface area contributed by atoms with E-state index in [0.717, 1.165) is 22.7 Å². The minimum absolute atomic E-state index is 0.0981. The molecule has 1 aromatic carbocycles. The normalized spacial score (nSPS) is 22.9. The Labute approximate surface area is 126 Å². The van der Waals surface area contributed by atoms with Gasteiger partial charge in [-0.3, -0.25) is 4.79 Å². The molecule has 3 rings (SSSR count). The molecule has 1 heterocycles. The second-order valence-corrected chi connectivity index (χ2v) is 6.07. The van der Waals surface area contributed by atoms with Gasteiger partial charge >= 0.3 is 0 Å². The number of carbonyl (C=O) groups is 1. The van der Waals surface area contributed by atoms with E-state index >= 15 is 0 Å². The van der Waals surface area contributed by atoms with Gasteiger partial charge in [-0.1, -0.05) is 47.0 Å². The van der Waals surface area contributed by atoms with Gasteiger partial charge in [-0.05, 0) is 30.9 Å². The lowest BCUT2D eigenvalue weighted by Crippen LogP contribution is -2.42. The van der Waals surface area contributed by atoms with Crippen molar-refractivity contribution in [2.45, 2.75) is 31.7 Å². The van der Waals surface area contributed by atoms with E-state index in [-0.39, 0.29) is 11.9 Å². The van der Waals surface area contributed by atoms with Gasteiger partial charge in [-0.15, -0.1) is 0 Å². The van der Waals surface area contributed by atoms with E-state index in [0.29, 0.717) is 11.7 Å². The number of fused-ring (bicyclic) bond motifs is 1. The summed E-state index contributed by atoms with van der Waals surface area (Å²) in [4.78, 5) is 12.3. The molecule has 2 atom stereocenters. The molecule has 1 N–H and O–H groups in total. The first kappa shape index (κ1) is 13.7. The second-order valence-electron chi connectivity index (χ2n) is 5.43. The number of rotatable bonds is 3. The van der Waals surface area contributed by atoms with E-state index in [4.69, 9.17) is 4.42 Å². The van der Waals surface area contributed by atoms with Crippen LogP contribution in [0, 0.1) is 5.92 Å². The van der Waals surface area contributed by atoms with Crippen molar-refractivity contribution in [2.24, 2.45) is 5.92 Å². The maximum atomic E-state index is 12.3. The van der Waals surface area contributed by atoms with Crippen LogP contribution in [0.1, 0.15) is 36.2 Å². The fourth-order valence-electron chi connectivity index (χ4n) is 2.92. The molecule has 1 saturated carbocycles. The summed E-state index contributed by atoms with van der Waals surface area (Å²) < 4.78 is 5.62. The van der Waals surface area contributed by atoms with Crippen LogP contribution in [0.4, 0.5) is 0 Å². The number of alkyl halides is 1. The Bertz CT molecular complexity index is 574. The topological polar surface area (TPSA) is 42.2 Å². The first-order chi connectivity index (χ1) is 9.78. The number of hydrogen-bond acceptors (Lipinski definition) is 2. The third-order valence-electron chi connectivity index (χ3n) is 4.07. The lowest BCUT2D eigenvalue weighted by Gasteiger charge is -2.30. The summed E-state index contributed by atoms with van der Waals surface area (Å²) in [6, 6.07) is 9.77. The highest BCUT2D eigenvalue weighted by Gasteiger charge is 2.26. The van der Waals surface area contributed by atoms with Crippen LogP contribution in [0.3, 0.4) is 0 Å². The zero-order valence-electron chi connectivity index (χ0n) is 11.3. The van der Waals surface area contributed by atoms with Crippen molar-refractivity contribution >= 4 is 32.8 Å². The van der Waals surface area contributed by atoms with Gasteiger partial charge in [0.25, 0.3) is 5.91 Å². The van der Waals surface area contributed by atoms with E-state index in [1.807, 2.05) is 30.3 Å². The zero-order chi connectivity index (χ0) is 13.9. The molecular weight excluding hydrogens is 318 g/mol. The molecule has 2 unspecified atom stereocenters. The molecule has 0 bridgehead atoms. The number of para-hydroxylation sites is 1. The summed E-state index contributed by atoms with van der Waals surface area (Å²) in [5.41, 5.74) is 0.762. The highest BCUT2D eigenvalue weighted by molar-refractivity contribution is 9.09. The van der Waals surface area contributed by atoms with Gasteiger partial charge in [0.2, 0.25) is 0 Å². The highest BCUT2D eigenvalue weighted by Crippen LogP contribution is 2.26. The Morgan fingerprint density at radius 3 is 2.90 bits per heavy atom. The average Bonchev–Trinajstić information content (AvgIpc) is 2.92. The summed E-state index contributed by atoms with van der Waals surface area (Å²) in [5.74, 6) is 0.834. The Morgan fingerprint density at radius 2 is 2.10 bits per heavy atom. The standard InChI is InChI=1S/C16H18BrNO2/c17-10-12-6-1-3-7-13(12)18-16(19)15-9-11-5-2-4-8-14(11)20-15/h2,4-5,8-9,12-13H,1,3,6-7,10H2,(H,18,19). The van der Waals surface area contributed by atoms with Gasteiger partial charge in [0, 0.05) is 16.8 Å². The van der Waals surface area contributed by atoms with E-state index in [1.54, 1.807) is 0 Å². The predicted octanol–water partition coefficient (Wildman–Crippen LogP) is 4.12. The first-order valence-electron chi connectivity index (χ1n) is 7.13. The molecule has 1 amide bonds. The van der Waals surface area contributed by atoms with Gasteiger partial charge in [0.15, 0.2) is 5.76 Å². The second kappa shape index (κ2) is 6.00. The SMILES string of the molecule is O=C(NC1CCCCC1CBr)c1cc2ccccc2o1. The smallest absolute Gasteiger partial charge is 0.287 e. The summed E-state index contributed by atoms with van der Waals surface area (Å²) in [7, 11) is 0. The monoisotopic (exact) mass is 335 g/mol. The lowest BCUT2D eigenvalue weighted by molar-refractivity contribution is 0.0885. The third kappa shape index (κ3) is 2.75. The van der Waals surface area contributed by atoms with Gasteiger partial charge in [-0.2, -0.15) is 0 Å². The molecule has 4 heteroatoms. The number of amides is 1. The Balaban J connectivity index is 1.75. The molecule has 0 radical (unpaired) electrons.